The molecule has 0 saturated carbocycles. The van der Waals surface area contributed by atoms with Gasteiger partial charge in [0.2, 0.25) is 5.91 Å². The minimum absolute atomic E-state index is 0.115. The van der Waals surface area contributed by atoms with Gasteiger partial charge in [-0.05, 0) is 94.2 Å². The van der Waals surface area contributed by atoms with Gasteiger partial charge in [0.25, 0.3) is 11.8 Å². The summed E-state index contributed by atoms with van der Waals surface area (Å²) >= 11 is 4.91. The molecule has 0 radical (unpaired) electrons. The molecule has 1 unspecified atom stereocenters. The number of aryl methyl sites for hydroxylation is 1. The minimum Gasteiger partial charge on any atom is -0.324 e. The number of para-hydroxylation sites is 1. The molecule has 5 aromatic rings. The molecular formula is C37H30BrN3O3S. The maximum atomic E-state index is 13.5. The van der Waals surface area contributed by atoms with Crippen molar-refractivity contribution in [1.82, 2.24) is 5.32 Å². The minimum atomic E-state index is -0.518. The number of thioether (sulfide) groups is 1. The second-order valence-electron chi connectivity index (χ2n) is 10.1. The molecule has 0 aromatic heterocycles. The average molecular weight is 677 g/mol. The zero-order valence-electron chi connectivity index (χ0n) is 24.4. The van der Waals surface area contributed by atoms with Crippen molar-refractivity contribution in [2.75, 3.05) is 10.6 Å². The topological polar surface area (TPSA) is 87.3 Å². The maximum absolute atomic E-state index is 13.5. The number of hydrogen-bond donors (Lipinski definition) is 3. The second kappa shape index (κ2) is 15.2. The van der Waals surface area contributed by atoms with E-state index in [1.54, 1.807) is 42.5 Å². The highest BCUT2D eigenvalue weighted by molar-refractivity contribution is 9.10. The van der Waals surface area contributed by atoms with Gasteiger partial charge in [0, 0.05) is 20.6 Å². The van der Waals surface area contributed by atoms with Crippen LogP contribution in [0.15, 0.2) is 149 Å². The molecule has 3 amide bonds. The van der Waals surface area contributed by atoms with Gasteiger partial charge in [-0.15, -0.1) is 11.8 Å². The Bertz CT molecular complexity index is 1830. The maximum Gasteiger partial charge on any atom is 0.272 e. The molecule has 0 saturated heterocycles. The van der Waals surface area contributed by atoms with E-state index >= 15 is 0 Å². The number of carbonyl (C=O) groups excluding carboxylic acids is 3. The molecule has 1 atom stereocenters. The number of rotatable bonds is 10. The van der Waals surface area contributed by atoms with Gasteiger partial charge in [-0.3, -0.25) is 14.4 Å². The Morgan fingerprint density at radius 3 is 2.02 bits per heavy atom. The van der Waals surface area contributed by atoms with E-state index in [1.807, 2.05) is 104 Å². The molecule has 8 heteroatoms. The fourth-order valence-electron chi connectivity index (χ4n) is 4.46. The molecule has 5 aromatic carbocycles. The van der Waals surface area contributed by atoms with Crippen LogP contribution in [-0.4, -0.2) is 17.7 Å². The van der Waals surface area contributed by atoms with Crippen LogP contribution in [0.5, 0.6) is 0 Å². The predicted octanol–water partition coefficient (Wildman–Crippen LogP) is 8.64. The summed E-state index contributed by atoms with van der Waals surface area (Å²) in [5, 5.41) is 8.18. The molecule has 0 bridgehead atoms. The van der Waals surface area contributed by atoms with E-state index in [-0.39, 0.29) is 17.5 Å². The van der Waals surface area contributed by atoms with Gasteiger partial charge in [-0.1, -0.05) is 84.9 Å². The lowest BCUT2D eigenvalue weighted by atomic mass is 10.1. The van der Waals surface area contributed by atoms with Gasteiger partial charge < -0.3 is 16.0 Å². The third-order valence-corrected chi connectivity index (χ3v) is 8.81. The zero-order chi connectivity index (χ0) is 31.6. The van der Waals surface area contributed by atoms with E-state index in [0.29, 0.717) is 16.9 Å². The van der Waals surface area contributed by atoms with E-state index in [9.17, 15) is 14.4 Å². The Morgan fingerprint density at radius 2 is 1.33 bits per heavy atom. The number of benzene rings is 5. The molecule has 0 aliphatic rings. The van der Waals surface area contributed by atoms with Crippen molar-refractivity contribution in [1.29, 1.82) is 0 Å². The fourth-order valence-corrected chi connectivity index (χ4v) is 5.87. The molecule has 0 spiro atoms. The Hall–Kier alpha value is -4.92. The number of nitrogens with one attached hydrogen (secondary N) is 3. The van der Waals surface area contributed by atoms with E-state index in [1.165, 1.54) is 11.8 Å². The van der Waals surface area contributed by atoms with Crippen LogP contribution in [0.2, 0.25) is 0 Å². The Kier molecular flexibility index (Phi) is 10.6. The van der Waals surface area contributed by atoms with Crippen molar-refractivity contribution in [2.24, 2.45) is 0 Å². The van der Waals surface area contributed by atoms with Gasteiger partial charge in [-0.25, -0.2) is 0 Å². The summed E-state index contributed by atoms with van der Waals surface area (Å²) in [6.07, 6.45) is 1.67. The first-order valence-electron chi connectivity index (χ1n) is 14.2. The van der Waals surface area contributed by atoms with Crippen LogP contribution in [-0.2, 0) is 9.59 Å². The Morgan fingerprint density at radius 1 is 0.711 bits per heavy atom. The van der Waals surface area contributed by atoms with Gasteiger partial charge in [-0.2, -0.15) is 0 Å². The van der Waals surface area contributed by atoms with Crippen LogP contribution in [0.3, 0.4) is 0 Å². The number of anilines is 2. The van der Waals surface area contributed by atoms with Crippen LogP contribution in [0.25, 0.3) is 6.08 Å². The number of amides is 3. The molecule has 5 rings (SSSR count). The van der Waals surface area contributed by atoms with Crippen LogP contribution in [0, 0.1) is 6.92 Å². The highest BCUT2D eigenvalue weighted by atomic mass is 79.9. The first-order chi connectivity index (χ1) is 21.9. The fraction of sp³-hybridized carbons (Fsp3) is 0.0541. The summed E-state index contributed by atoms with van der Waals surface area (Å²) < 4.78 is 0.797. The first-order valence-corrected chi connectivity index (χ1v) is 15.9. The van der Waals surface area contributed by atoms with Crippen molar-refractivity contribution in [3.8, 4) is 0 Å². The molecule has 45 heavy (non-hydrogen) atoms. The monoisotopic (exact) mass is 675 g/mol. The zero-order valence-corrected chi connectivity index (χ0v) is 26.8. The quantitative estimate of drug-likeness (QED) is 0.102. The molecule has 0 heterocycles. The van der Waals surface area contributed by atoms with Crippen molar-refractivity contribution in [3.63, 3.8) is 0 Å². The molecule has 0 fully saturated rings. The summed E-state index contributed by atoms with van der Waals surface area (Å²) in [7, 11) is 0. The van der Waals surface area contributed by atoms with Crippen molar-refractivity contribution >= 4 is 62.9 Å². The SMILES string of the molecule is Cc1ccccc1/C=C(\NC(=O)c1ccccc1)C(=O)Nc1ccc(SC(C(=O)Nc2ccccc2Br)c2ccccc2)cc1. The highest BCUT2D eigenvalue weighted by Crippen LogP contribution is 2.37. The molecule has 0 aliphatic heterocycles. The average Bonchev–Trinajstić information content (AvgIpc) is 3.06. The van der Waals surface area contributed by atoms with Gasteiger partial charge in [0.05, 0.1) is 5.69 Å². The molecule has 224 valence electrons. The first kappa shape index (κ1) is 31.5. The smallest absolute Gasteiger partial charge is 0.272 e. The van der Waals surface area contributed by atoms with Crippen molar-refractivity contribution < 1.29 is 14.4 Å². The predicted molar refractivity (Wildman–Crippen MR) is 186 cm³/mol. The number of hydrogen-bond acceptors (Lipinski definition) is 4. The lowest BCUT2D eigenvalue weighted by Gasteiger charge is -2.18. The third kappa shape index (κ3) is 8.59. The van der Waals surface area contributed by atoms with Crippen LogP contribution >= 0.6 is 27.7 Å². The van der Waals surface area contributed by atoms with Gasteiger partial charge in [0.15, 0.2) is 0 Å². The molecule has 3 N–H and O–H groups in total. The summed E-state index contributed by atoms with van der Waals surface area (Å²) in [6, 6.07) is 40.7. The van der Waals surface area contributed by atoms with E-state index in [4.69, 9.17) is 0 Å². The largest absolute Gasteiger partial charge is 0.324 e. The lowest BCUT2D eigenvalue weighted by molar-refractivity contribution is -0.116. The highest BCUT2D eigenvalue weighted by Gasteiger charge is 2.23. The second-order valence-corrected chi connectivity index (χ2v) is 12.1. The van der Waals surface area contributed by atoms with Crippen LogP contribution < -0.4 is 16.0 Å². The Labute approximate surface area is 275 Å². The molecule has 6 nitrogen and oxygen atoms in total. The summed E-state index contributed by atoms with van der Waals surface area (Å²) in [4.78, 5) is 40.8. The van der Waals surface area contributed by atoms with Crippen LogP contribution in [0.1, 0.15) is 32.3 Å². The summed E-state index contributed by atoms with van der Waals surface area (Å²) in [6.45, 7) is 1.94. The van der Waals surface area contributed by atoms with E-state index in [0.717, 1.165) is 26.1 Å². The third-order valence-electron chi connectivity index (χ3n) is 6.86. The normalized spacial score (nSPS) is 11.7. The van der Waals surface area contributed by atoms with Gasteiger partial charge in [0.1, 0.15) is 10.9 Å². The Balaban J connectivity index is 1.33. The van der Waals surface area contributed by atoms with E-state index in [2.05, 4.69) is 31.9 Å². The molecule has 0 aliphatic carbocycles. The van der Waals surface area contributed by atoms with Crippen molar-refractivity contribution in [2.45, 2.75) is 17.1 Å². The summed E-state index contributed by atoms with van der Waals surface area (Å²) in [5.74, 6) is -1.00. The standard InChI is InChI=1S/C37H30BrN3O3S/c1-25-12-8-9-17-28(25)24-33(41-35(42)27-15-6-3-7-16-27)36(43)39-29-20-22-30(23-21-29)45-34(26-13-4-2-5-14-26)37(44)40-32-19-11-10-18-31(32)38/h2-24,34H,1H3,(H,39,43)(H,40,44)(H,41,42)/b33-24-. The molecular weight excluding hydrogens is 646 g/mol. The van der Waals surface area contributed by atoms with Crippen LogP contribution in [0.4, 0.5) is 11.4 Å². The van der Waals surface area contributed by atoms with Gasteiger partial charge >= 0.3 is 0 Å². The number of halogens is 1. The van der Waals surface area contributed by atoms with Crippen molar-refractivity contribution in [3.05, 3.63) is 166 Å². The summed E-state index contributed by atoms with van der Waals surface area (Å²) in [5.41, 5.74) is 4.44. The lowest BCUT2D eigenvalue weighted by Crippen LogP contribution is -2.30. The van der Waals surface area contributed by atoms with E-state index < -0.39 is 11.2 Å². The number of carbonyl (C=O) groups is 3.